The van der Waals surface area contributed by atoms with Crippen molar-refractivity contribution in [1.29, 1.82) is 0 Å². The van der Waals surface area contributed by atoms with E-state index in [1.54, 1.807) is 5.56 Å². The average molecular weight is 220 g/mol. The van der Waals surface area contributed by atoms with E-state index in [1.807, 2.05) is 0 Å². The predicted molar refractivity (Wildman–Crippen MR) is 69.6 cm³/mol. The Morgan fingerprint density at radius 1 is 1.12 bits per heavy atom. The van der Waals surface area contributed by atoms with Crippen molar-refractivity contribution in [3.05, 3.63) is 35.9 Å². The number of aliphatic hydroxyl groups excluding tert-OH is 1. The Morgan fingerprint density at radius 3 is 2.19 bits per heavy atom. The minimum Gasteiger partial charge on any atom is -0.400 e. The summed E-state index contributed by atoms with van der Waals surface area (Å²) in [6.07, 6.45) is 7.11. The Balaban J connectivity index is 0.000000606. The lowest BCUT2D eigenvalue weighted by atomic mass is 9.83. The molecule has 1 aliphatic rings. The molecule has 1 saturated carbocycles. The highest BCUT2D eigenvalue weighted by Crippen LogP contribution is 2.38. The first-order valence-electron chi connectivity index (χ1n) is 6.41. The van der Waals surface area contributed by atoms with Crippen LogP contribution in [0.4, 0.5) is 0 Å². The Bertz CT molecular complexity index is 262. The van der Waals surface area contributed by atoms with E-state index in [2.05, 4.69) is 37.3 Å². The molecule has 0 saturated heterocycles. The highest BCUT2D eigenvalue weighted by molar-refractivity contribution is 5.20. The largest absolute Gasteiger partial charge is 0.400 e. The minimum atomic E-state index is 0.818. The zero-order valence-corrected chi connectivity index (χ0v) is 10.5. The monoisotopic (exact) mass is 220 g/mol. The molecule has 0 bridgehead atoms. The molecule has 2 rings (SSSR count). The van der Waals surface area contributed by atoms with Gasteiger partial charge in [0.1, 0.15) is 0 Å². The van der Waals surface area contributed by atoms with E-state index in [9.17, 15) is 0 Å². The molecule has 1 N–H and O–H groups in total. The van der Waals surface area contributed by atoms with Gasteiger partial charge in [0.2, 0.25) is 0 Å². The summed E-state index contributed by atoms with van der Waals surface area (Å²) in [6.45, 7) is 2.33. The van der Waals surface area contributed by atoms with Crippen molar-refractivity contribution in [2.24, 2.45) is 5.92 Å². The van der Waals surface area contributed by atoms with Crippen LogP contribution in [0.3, 0.4) is 0 Å². The van der Waals surface area contributed by atoms with Gasteiger partial charge in [-0.05, 0) is 36.7 Å². The maximum absolute atomic E-state index is 7.00. The van der Waals surface area contributed by atoms with Crippen molar-refractivity contribution in [2.45, 2.75) is 44.9 Å². The second-order valence-electron chi connectivity index (χ2n) is 4.47. The van der Waals surface area contributed by atoms with Crippen LogP contribution >= 0.6 is 0 Å². The summed E-state index contributed by atoms with van der Waals surface area (Å²) in [4.78, 5) is 0. The zero-order chi connectivity index (χ0) is 11.8. The van der Waals surface area contributed by atoms with Crippen LogP contribution in [0, 0.1) is 5.92 Å². The maximum Gasteiger partial charge on any atom is 0.0319 e. The van der Waals surface area contributed by atoms with Crippen molar-refractivity contribution in [3.63, 3.8) is 0 Å². The van der Waals surface area contributed by atoms with Crippen LogP contribution < -0.4 is 0 Å². The average Bonchev–Trinajstić information content (AvgIpc) is 2.88. The molecule has 0 amide bonds. The van der Waals surface area contributed by atoms with Crippen LogP contribution in [-0.4, -0.2) is 12.2 Å². The van der Waals surface area contributed by atoms with Crippen LogP contribution in [0.5, 0.6) is 0 Å². The first kappa shape index (κ1) is 13.2. The quantitative estimate of drug-likeness (QED) is 0.817. The molecule has 0 heterocycles. The molecule has 1 fully saturated rings. The third-order valence-electron chi connectivity index (χ3n) is 3.64. The van der Waals surface area contributed by atoms with Gasteiger partial charge in [-0.25, -0.2) is 0 Å². The molecule has 16 heavy (non-hydrogen) atoms. The SMILES string of the molecule is CCC(c1ccccc1)C1CCCC1.CO. The van der Waals surface area contributed by atoms with E-state index < -0.39 is 0 Å². The van der Waals surface area contributed by atoms with Gasteiger partial charge >= 0.3 is 0 Å². The standard InChI is InChI=1S/C14H20.CH4O/c1-2-14(13-10-6-7-11-13)12-8-4-3-5-9-12;1-2/h3-5,8-9,13-14H,2,6-7,10-11H2,1H3;2H,1H3. The molecular formula is C15H24O. The smallest absolute Gasteiger partial charge is 0.0319 e. The van der Waals surface area contributed by atoms with Gasteiger partial charge in [-0.1, -0.05) is 50.1 Å². The molecular weight excluding hydrogens is 196 g/mol. The molecule has 1 aromatic rings. The van der Waals surface area contributed by atoms with Gasteiger partial charge in [0, 0.05) is 7.11 Å². The van der Waals surface area contributed by atoms with Crippen LogP contribution in [0.25, 0.3) is 0 Å². The van der Waals surface area contributed by atoms with Gasteiger partial charge < -0.3 is 5.11 Å². The van der Waals surface area contributed by atoms with Gasteiger partial charge in [-0.15, -0.1) is 0 Å². The van der Waals surface area contributed by atoms with Crippen molar-refractivity contribution in [3.8, 4) is 0 Å². The topological polar surface area (TPSA) is 20.2 Å². The fourth-order valence-electron chi connectivity index (χ4n) is 2.90. The van der Waals surface area contributed by atoms with E-state index >= 15 is 0 Å². The predicted octanol–water partition coefficient (Wildman–Crippen LogP) is 3.98. The molecule has 0 aliphatic heterocycles. The number of hydrogen-bond acceptors (Lipinski definition) is 1. The first-order chi connectivity index (χ1) is 7.92. The van der Waals surface area contributed by atoms with Crippen LogP contribution in [0.2, 0.25) is 0 Å². The molecule has 0 radical (unpaired) electrons. The number of hydrogen-bond donors (Lipinski definition) is 1. The van der Waals surface area contributed by atoms with E-state index in [-0.39, 0.29) is 0 Å². The summed E-state index contributed by atoms with van der Waals surface area (Å²) >= 11 is 0. The van der Waals surface area contributed by atoms with E-state index in [0.717, 1.165) is 18.9 Å². The zero-order valence-electron chi connectivity index (χ0n) is 10.5. The summed E-state index contributed by atoms with van der Waals surface area (Å²) in [5.41, 5.74) is 1.56. The van der Waals surface area contributed by atoms with Gasteiger partial charge in [0.05, 0.1) is 0 Å². The summed E-state index contributed by atoms with van der Waals surface area (Å²) in [5, 5.41) is 7.00. The van der Waals surface area contributed by atoms with E-state index in [4.69, 9.17) is 5.11 Å². The Kier molecular flexibility index (Phi) is 6.17. The normalized spacial score (nSPS) is 17.7. The lowest BCUT2D eigenvalue weighted by Gasteiger charge is -2.22. The summed E-state index contributed by atoms with van der Waals surface area (Å²) < 4.78 is 0. The van der Waals surface area contributed by atoms with Crippen molar-refractivity contribution in [1.82, 2.24) is 0 Å². The molecule has 1 atom stereocenters. The van der Waals surface area contributed by atoms with Crippen molar-refractivity contribution < 1.29 is 5.11 Å². The van der Waals surface area contributed by atoms with Crippen molar-refractivity contribution >= 4 is 0 Å². The molecule has 0 aromatic heterocycles. The molecule has 90 valence electrons. The minimum absolute atomic E-state index is 0.818. The Morgan fingerprint density at radius 2 is 1.69 bits per heavy atom. The summed E-state index contributed by atoms with van der Waals surface area (Å²) in [7, 11) is 1.00. The lowest BCUT2D eigenvalue weighted by molar-refractivity contribution is 0.399. The van der Waals surface area contributed by atoms with Crippen LogP contribution in [-0.2, 0) is 0 Å². The molecule has 1 unspecified atom stereocenters. The van der Waals surface area contributed by atoms with E-state index in [0.29, 0.717) is 0 Å². The van der Waals surface area contributed by atoms with Gasteiger partial charge in [-0.2, -0.15) is 0 Å². The maximum atomic E-state index is 7.00. The fourth-order valence-corrected chi connectivity index (χ4v) is 2.90. The van der Waals surface area contributed by atoms with Gasteiger partial charge in [0.25, 0.3) is 0 Å². The summed E-state index contributed by atoms with van der Waals surface area (Å²) in [5.74, 6) is 1.78. The van der Waals surface area contributed by atoms with Crippen molar-refractivity contribution in [2.75, 3.05) is 7.11 Å². The highest BCUT2D eigenvalue weighted by atomic mass is 16.2. The van der Waals surface area contributed by atoms with E-state index in [1.165, 1.54) is 32.1 Å². The van der Waals surface area contributed by atoms with Gasteiger partial charge in [0.15, 0.2) is 0 Å². The van der Waals surface area contributed by atoms with Crippen LogP contribution in [0.15, 0.2) is 30.3 Å². The first-order valence-corrected chi connectivity index (χ1v) is 6.41. The second kappa shape index (κ2) is 7.45. The number of rotatable bonds is 3. The summed E-state index contributed by atoms with van der Waals surface area (Å²) in [6, 6.07) is 11.1. The Hall–Kier alpha value is -0.820. The number of aliphatic hydroxyl groups is 1. The second-order valence-corrected chi connectivity index (χ2v) is 4.47. The lowest BCUT2D eigenvalue weighted by Crippen LogP contribution is -2.08. The molecule has 1 aliphatic carbocycles. The highest BCUT2D eigenvalue weighted by Gasteiger charge is 2.24. The molecule has 1 nitrogen and oxygen atoms in total. The Labute approximate surface area is 99.5 Å². The molecule has 0 spiro atoms. The third kappa shape index (κ3) is 3.34. The fraction of sp³-hybridized carbons (Fsp3) is 0.600. The van der Waals surface area contributed by atoms with Gasteiger partial charge in [-0.3, -0.25) is 0 Å². The third-order valence-corrected chi connectivity index (χ3v) is 3.64. The molecule has 1 aromatic carbocycles. The van der Waals surface area contributed by atoms with Crippen LogP contribution in [0.1, 0.15) is 50.5 Å². The molecule has 1 heteroatoms. The number of benzene rings is 1.